The molecule has 0 spiro atoms. The second kappa shape index (κ2) is 5.63. The van der Waals surface area contributed by atoms with Crippen molar-refractivity contribution in [1.82, 2.24) is 4.90 Å². The Balaban J connectivity index is 3.06. The molecule has 0 aromatic heterocycles. The number of nitrogens with zero attached hydrogens (tertiary/aromatic N) is 1. The molecule has 1 aromatic carbocycles. The summed E-state index contributed by atoms with van der Waals surface area (Å²) in [6.07, 6.45) is 0. The van der Waals surface area contributed by atoms with E-state index < -0.39 is 17.8 Å². The number of ether oxygens (including phenoxy) is 1. The van der Waals surface area contributed by atoms with Gasteiger partial charge in [0, 0.05) is 0 Å². The van der Waals surface area contributed by atoms with Crippen molar-refractivity contribution in [2.24, 2.45) is 5.73 Å². The normalized spacial score (nSPS) is 12.5. The van der Waals surface area contributed by atoms with Gasteiger partial charge in [-0.25, -0.2) is 4.39 Å². The molecule has 1 atom stereocenters. The molecule has 94 valence electrons. The zero-order valence-corrected chi connectivity index (χ0v) is 10.2. The van der Waals surface area contributed by atoms with Gasteiger partial charge in [0.2, 0.25) is 5.91 Å². The van der Waals surface area contributed by atoms with Crippen LogP contribution < -0.4 is 10.5 Å². The summed E-state index contributed by atoms with van der Waals surface area (Å²) >= 11 is 0. The molecule has 2 N–H and O–H groups in total. The summed E-state index contributed by atoms with van der Waals surface area (Å²) in [5.74, 6) is -0.825. The summed E-state index contributed by atoms with van der Waals surface area (Å²) in [7, 11) is 3.42. The second-order valence-electron chi connectivity index (χ2n) is 3.89. The number of primary amides is 1. The highest BCUT2D eigenvalue weighted by Gasteiger charge is 2.21. The van der Waals surface area contributed by atoms with Crippen molar-refractivity contribution in [3.8, 4) is 5.75 Å². The Morgan fingerprint density at radius 1 is 1.53 bits per heavy atom. The van der Waals surface area contributed by atoms with Gasteiger partial charge in [-0.05, 0) is 38.7 Å². The minimum Gasteiger partial charge on any atom is -0.491 e. The first-order chi connectivity index (χ1) is 7.97. The van der Waals surface area contributed by atoms with Crippen LogP contribution in [0.3, 0.4) is 0 Å². The lowest BCUT2D eigenvalue weighted by Crippen LogP contribution is -2.32. The maximum Gasteiger partial charge on any atom is 0.239 e. The minimum absolute atomic E-state index is 0.179. The van der Waals surface area contributed by atoms with Crippen molar-refractivity contribution in [2.45, 2.75) is 13.0 Å². The van der Waals surface area contributed by atoms with Crippen molar-refractivity contribution in [2.75, 3.05) is 20.7 Å². The van der Waals surface area contributed by atoms with E-state index >= 15 is 0 Å². The number of likely N-dealkylation sites (N-methyl/N-ethyl adjacent to an activating group) is 1. The number of rotatable bonds is 5. The van der Waals surface area contributed by atoms with Crippen LogP contribution in [0.5, 0.6) is 5.75 Å². The molecule has 0 radical (unpaired) electrons. The fraction of sp³-hybridized carbons (Fsp3) is 0.417. The van der Waals surface area contributed by atoms with Crippen LogP contribution in [-0.4, -0.2) is 31.5 Å². The van der Waals surface area contributed by atoms with Crippen molar-refractivity contribution in [3.63, 3.8) is 0 Å². The molecule has 0 heterocycles. The first-order valence-corrected chi connectivity index (χ1v) is 5.35. The van der Waals surface area contributed by atoms with Crippen LogP contribution in [0, 0.1) is 5.82 Å². The molecule has 0 aliphatic heterocycles. The zero-order chi connectivity index (χ0) is 13.0. The number of nitrogens with two attached hydrogens (primary N) is 1. The number of carbonyl (C=O) groups is 1. The van der Waals surface area contributed by atoms with Crippen LogP contribution in [0.4, 0.5) is 4.39 Å². The van der Waals surface area contributed by atoms with E-state index in [2.05, 4.69) is 0 Å². The van der Waals surface area contributed by atoms with E-state index in [9.17, 15) is 9.18 Å². The van der Waals surface area contributed by atoms with Gasteiger partial charge in [-0.3, -0.25) is 9.69 Å². The maximum atomic E-state index is 13.6. The number of benzene rings is 1. The quantitative estimate of drug-likeness (QED) is 0.844. The van der Waals surface area contributed by atoms with Gasteiger partial charge in [0.15, 0.2) is 11.6 Å². The highest BCUT2D eigenvalue weighted by Crippen LogP contribution is 2.24. The highest BCUT2D eigenvalue weighted by atomic mass is 19.1. The van der Waals surface area contributed by atoms with Crippen LogP contribution in [0.25, 0.3) is 0 Å². The van der Waals surface area contributed by atoms with Crippen LogP contribution in [-0.2, 0) is 4.79 Å². The zero-order valence-electron chi connectivity index (χ0n) is 10.2. The summed E-state index contributed by atoms with van der Waals surface area (Å²) < 4.78 is 18.7. The van der Waals surface area contributed by atoms with E-state index in [0.717, 1.165) is 0 Å². The first kappa shape index (κ1) is 13.4. The van der Waals surface area contributed by atoms with Crippen LogP contribution in [0.15, 0.2) is 18.2 Å². The Morgan fingerprint density at radius 3 is 2.59 bits per heavy atom. The lowest BCUT2D eigenvalue weighted by atomic mass is 10.1. The summed E-state index contributed by atoms with van der Waals surface area (Å²) in [5, 5.41) is 0. The SMILES string of the molecule is CCOc1ccc(C(C(N)=O)N(C)C)cc1F. The Kier molecular flexibility index (Phi) is 4.45. The van der Waals surface area contributed by atoms with Crippen molar-refractivity contribution >= 4 is 5.91 Å². The second-order valence-corrected chi connectivity index (χ2v) is 3.89. The van der Waals surface area contributed by atoms with E-state index in [0.29, 0.717) is 12.2 Å². The first-order valence-electron chi connectivity index (χ1n) is 5.35. The number of hydrogen-bond donors (Lipinski definition) is 1. The number of amides is 1. The van der Waals surface area contributed by atoms with Gasteiger partial charge < -0.3 is 10.5 Å². The third kappa shape index (κ3) is 3.17. The van der Waals surface area contributed by atoms with Gasteiger partial charge >= 0.3 is 0 Å². The van der Waals surface area contributed by atoms with Gasteiger partial charge in [-0.15, -0.1) is 0 Å². The van der Waals surface area contributed by atoms with Gasteiger partial charge in [0.05, 0.1) is 6.61 Å². The molecule has 0 bridgehead atoms. The smallest absolute Gasteiger partial charge is 0.239 e. The standard InChI is InChI=1S/C12H17FN2O2/c1-4-17-10-6-5-8(7-9(10)13)11(12(14)16)15(2)3/h5-7,11H,4H2,1-3H3,(H2,14,16). The number of carbonyl (C=O) groups excluding carboxylic acids is 1. The van der Waals surface area contributed by atoms with Gasteiger partial charge in [-0.1, -0.05) is 6.07 Å². The monoisotopic (exact) mass is 240 g/mol. The average Bonchev–Trinajstić information content (AvgIpc) is 2.21. The van der Waals surface area contributed by atoms with E-state index in [4.69, 9.17) is 10.5 Å². The molecule has 1 rings (SSSR count). The Bertz CT molecular complexity index is 407. The molecular formula is C12H17FN2O2. The van der Waals surface area contributed by atoms with Crippen molar-refractivity contribution in [3.05, 3.63) is 29.6 Å². The van der Waals surface area contributed by atoms with Crippen LogP contribution in [0.1, 0.15) is 18.5 Å². The fourth-order valence-corrected chi connectivity index (χ4v) is 1.68. The molecule has 4 nitrogen and oxygen atoms in total. The molecular weight excluding hydrogens is 223 g/mol. The summed E-state index contributed by atoms with van der Waals surface area (Å²) in [5.41, 5.74) is 5.80. The lowest BCUT2D eigenvalue weighted by Gasteiger charge is -2.21. The van der Waals surface area contributed by atoms with Gasteiger partial charge in [0.25, 0.3) is 0 Å². The fourth-order valence-electron chi connectivity index (χ4n) is 1.68. The molecule has 1 aromatic rings. The van der Waals surface area contributed by atoms with E-state index in [1.165, 1.54) is 12.1 Å². The summed E-state index contributed by atoms with van der Waals surface area (Å²) in [6.45, 7) is 2.17. The average molecular weight is 240 g/mol. The maximum absolute atomic E-state index is 13.6. The predicted molar refractivity (Wildman–Crippen MR) is 63.2 cm³/mol. The number of hydrogen-bond acceptors (Lipinski definition) is 3. The molecule has 1 amide bonds. The molecule has 0 fully saturated rings. The van der Waals surface area contributed by atoms with Crippen LogP contribution in [0.2, 0.25) is 0 Å². The number of halogens is 1. The summed E-state index contributed by atoms with van der Waals surface area (Å²) in [4.78, 5) is 12.9. The lowest BCUT2D eigenvalue weighted by molar-refractivity contribution is -0.122. The molecule has 17 heavy (non-hydrogen) atoms. The minimum atomic E-state index is -0.639. The third-order valence-corrected chi connectivity index (χ3v) is 2.36. The highest BCUT2D eigenvalue weighted by molar-refractivity contribution is 5.81. The molecule has 0 saturated heterocycles. The van der Waals surface area contributed by atoms with Crippen LogP contribution >= 0.6 is 0 Å². The van der Waals surface area contributed by atoms with E-state index in [-0.39, 0.29) is 5.75 Å². The molecule has 1 unspecified atom stereocenters. The van der Waals surface area contributed by atoms with Gasteiger partial charge in [-0.2, -0.15) is 0 Å². The molecule has 0 aliphatic carbocycles. The largest absolute Gasteiger partial charge is 0.491 e. The van der Waals surface area contributed by atoms with E-state index in [1.54, 1.807) is 32.0 Å². The third-order valence-electron chi connectivity index (χ3n) is 2.36. The topological polar surface area (TPSA) is 55.6 Å². The molecule has 5 heteroatoms. The molecule has 0 aliphatic rings. The van der Waals surface area contributed by atoms with E-state index in [1.807, 2.05) is 0 Å². The van der Waals surface area contributed by atoms with Gasteiger partial charge in [0.1, 0.15) is 6.04 Å². The predicted octanol–water partition coefficient (Wildman–Crippen LogP) is 1.31. The Hall–Kier alpha value is -1.62. The summed E-state index contributed by atoms with van der Waals surface area (Å²) in [6, 6.07) is 3.79. The van der Waals surface area contributed by atoms with Crippen molar-refractivity contribution < 1.29 is 13.9 Å². The Morgan fingerprint density at radius 2 is 2.18 bits per heavy atom. The molecule has 0 saturated carbocycles. The van der Waals surface area contributed by atoms with Crippen molar-refractivity contribution in [1.29, 1.82) is 0 Å². The Labute approximate surface area is 100 Å².